The second-order valence-electron chi connectivity index (χ2n) is 6.10. The third kappa shape index (κ3) is 3.44. The van der Waals surface area contributed by atoms with Crippen molar-refractivity contribution in [3.8, 4) is 0 Å². The zero-order valence-electron chi connectivity index (χ0n) is 14.0. The molecule has 26 heavy (non-hydrogen) atoms. The zero-order valence-corrected chi connectivity index (χ0v) is 14.8. The van der Waals surface area contributed by atoms with E-state index in [1.54, 1.807) is 18.5 Å². The molecule has 4 rings (SSSR count). The van der Waals surface area contributed by atoms with Gasteiger partial charge in [0.2, 0.25) is 5.95 Å². The van der Waals surface area contributed by atoms with Crippen LogP contribution in [0.5, 0.6) is 0 Å². The van der Waals surface area contributed by atoms with Crippen molar-refractivity contribution in [3.05, 3.63) is 94.4 Å². The Morgan fingerprint density at radius 1 is 1.15 bits per heavy atom. The Bertz CT molecular complexity index is 1090. The summed E-state index contributed by atoms with van der Waals surface area (Å²) in [6.45, 7) is 1.91. The van der Waals surface area contributed by atoms with E-state index in [0.717, 1.165) is 27.9 Å². The number of nitrogens with zero attached hydrogens (tertiary/aromatic N) is 3. The Morgan fingerprint density at radius 3 is 2.85 bits per heavy atom. The van der Waals surface area contributed by atoms with E-state index in [0.29, 0.717) is 22.7 Å². The number of hydrogen-bond acceptors (Lipinski definition) is 3. The average molecular weight is 366 g/mol. The van der Waals surface area contributed by atoms with Gasteiger partial charge in [-0.25, -0.2) is 9.97 Å². The normalized spacial score (nSPS) is 11.2. The van der Waals surface area contributed by atoms with Gasteiger partial charge >= 0.3 is 0 Å². The van der Waals surface area contributed by atoms with Gasteiger partial charge in [-0.05, 0) is 42.3 Å². The van der Waals surface area contributed by atoms with Gasteiger partial charge in [0.25, 0.3) is 0 Å². The molecule has 0 unspecified atom stereocenters. The van der Waals surface area contributed by atoms with Crippen LogP contribution in [0.1, 0.15) is 28.1 Å². The highest BCUT2D eigenvalue weighted by Crippen LogP contribution is 2.23. The highest BCUT2D eigenvalue weighted by atomic mass is 35.5. The van der Waals surface area contributed by atoms with E-state index < -0.39 is 5.95 Å². The summed E-state index contributed by atoms with van der Waals surface area (Å²) in [5.74, 6) is -0.478. The summed E-state index contributed by atoms with van der Waals surface area (Å²) in [7, 11) is 0. The molecule has 0 spiro atoms. The molecule has 1 N–H and O–H groups in total. The first-order chi connectivity index (χ1) is 12.6. The number of hydrogen-bond donors (Lipinski definition) is 1. The molecule has 6 heteroatoms. The minimum Gasteiger partial charge on any atom is -0.346 e. The van der Waals surface area contributed by atoms with E-state index in [2.05, 4.69) is 19.9 Å². The Balaban J connectivity index is 1.58. The third-order valence-electron chi connectivity index (χ3n) is 4.15. The average Bonchev–Trinajstić information content (AvgIpc) is 2.99. The van der Waals surface area contributed by atoms with Crippen molar-refractivity contribution in [2.45, 2.75) is 13.3 Å². The first-order valence-electron chi connectivity index (χ1n) is 8.13. The molecule has 0 aliphatic heterocycles. The van der Waals surface area contributed by atoms with E-state index in [-0.39, 0.29) is 0 Å². The Hall–Kier alpha value is -2.79. The predicted octanol–water partition coefficient (Wildman–Crippen LogP) is 4.65. The summed E-state index contributed by atoms with van der Waals surface area (Å²) in [4.78, 5) is 15.5. The minimum absolute atomic E-state index is 0.412. The lowest BCUT2D eigenvalue weighted by atomic mass is 10.0. The molecule has 0 bridgehead atoms. The van der Waals surface area contributed by atoms with Crippen molar-refractivity contribution in [2.75, 3.05) is 0 Å². The number of fused-ring (bicyclic) bond motifs is 1. The van der Waals surface area contributed by atoms with Crippen LogP contribution in [0.2, 0.25) is 5.02 Å². The molecule has 4 aromatic heterocycles. The Kier molecular flexibility index (Phi) is 4.39. The Labute approximate surface area is 155 Å². The molecule has 4 nitrogen and oxygen atoms in total. The second-order valence-corrected chi connectivity index (χ2v) is 6.54. The topological polar surface area (TPSA) is 54.5 Å². The lowest BCUT2D eigenvalue weighted by Crippen LogP contribution is -1.99. The number of aryl methyl sites for hydroxylation is 1. The predicted molar refractivity (Wildman–Crippen MR) is 99.6 cm³/mol. The van der Waals surface area contributed by atoms with Crippen molar-refractivity contribution in [1.29, 1.82) is 0 Å². The molecular weight excluding hydrogens is 351 g/mol. The quantitative estimate of drug-likeness (QED) is 0.536. The molecular formula is C20H15ClFN4. The standard InChI is InChI=1S/C20H15ClFN4/c1-12-6-13(4-5-23-12)7-17-3-2-14(19(22)26-17)8-15-10-24-20-18(15)9-16(21)11-25-20/h2-7,9-11H,8H2,1H3,(H,24,25). The smallest absolute Gasteiger partial charge is 0.216 e. The molecule has 0 aromatic carbocycles. The van der Waals surface area contributed by atoms with Crippen molar-refractivity contribution < 1.29 is 4.39 Å². The van der Waals surface area contributed by atoms with Gasteiger partial charge < -0.3 is 4.98 Å². The van der Waals surface area contributed by atoms with Gasteiger partial charge in [-0.1, -0.05) is 17.7 Å². The number of aromatic amines is 1. The maximum atomic E-state index is 14.5. The number of aromatic nitrogens is 4. The highest BCUT2D eigenvalue weighted by molar-refractivity contribution is 6.31. The SMILES string of the molecule is Cc1cc([CH]c2ccc(Cc3c[nH]c4ncc(Cl)cc34)c(F)n2)ccn1. The van der Waals surface area contributed by atoms with Crippen LogP contribution in [0, 0.1) is 19.3 Å². The molecule has 0 fully saturated rings. The summed E-state index contributed by atoms with van der Waals surface area (Å²) in [6.07, 6.45) is 7.37. The van der Waals surface area contributed by atoms with Gasteiger partial charge in [0.1, 0.15) is 5.65 Å². The fourth-order valence-electron chi connectivity index (χ4n) is 2.90. The fraction of sp³-hybridized carbons (Fsp3) is 0.100. The highest BCUT2D eigenvalue weighted by Gasteiger charge is 2.11. The summed E-state index contributed by atoms with van der Waals surface area (Å²) in [6, 6.07) is 9.20. The number of H-pyrrole nitrogens is 1. The lowest BCUT2D eigenvalue weighted by molar-refractivity contribution is 0.567. The first kappa shape index (κ1) is 16.7. The molecule has 0 amide bonds. The van der Waals surface area contributed by atoms with E-state index in [1.165, 1.54) is 0 Å². The van der Waals surface area contributed by atoms with E-state index in [4.69, 9.17) is 11.6 Å². The number of pyridine rings is 3. The van der Waals surface area contributed by atoms with Crippen molar-refractivity contribution >= 4 is 22.6 Å². The Morgan fingerprint density at radius 2 is 2.04 bits per heavy atom. The number of nitrogens with one attached hydrogen (secondary N) is 1. The third-order valence-corrected chi connectivity index (χ3v) is 4.35. The number of halogens is 2. The van der Waals surface area contributed by atoms with Crippen LogP contribution in [0.4, 0.5) is 4.39 Å². The monoisotopic (exact) mass is 365 g/mol. The van der Waals surface area contributed by atoms with E-state index in [9.17, 15) is 4.39 Å². The molecule has 0 aliphatic carbocycles. The van der Waals surface area contributed by atoms with Gasteiger partial charge in [-0.2, -0.15) is 4.39 Å². The molecule has 0 saturated carbocycles. The largest absolute Gasteiger partial charge is 0.346 e. The molecule has 129 valence electrons. The van der Waals surface area contributed by atoms with Crippen LogP contribution < -0.4 is 0 Å². The summed E-state index contributed by atoms with van der Waals surface area (Å²) in [5.41, 5.74) is 4.60. The second kappa shape index (κ2) is 6.84. The summed E-state index contributed by atoms with van der Waals surface area (Å²) >= 11 is 6.02. The molecule has 1 radical (unpaired) electrons. The van der Waals surface area contributed by atoms with Crippen LogP contribution in [0.15, 0.2) is 48.9 Å². The molecule has 4 aromatic rings. The van der Waals surface area contributed by atoms with Gasteiger partial charge in [0.15, 0.2) is 0 Å². The summed E-state index contributed by atoms with van der Waals surface area (Å²) < 4.78 is 14.5. The lowest BCUT2D eigenvalue weighted by Gasteiger charge is -2.06. The van der Waals surface area contributed by atoms with Gasteiger partial charge in [-0.15, -0.1) is 0 Å². The van der Waals surface area contributed by atoms with Crippen molar-refractivity contribution in [1.82, 2.24) is 19.9 Å². The fourth-order valence-corrected chi connectivity index (χ4v) is 3.06. The van der Waals surface area contributed by atoms with Crippen LogP contribution in [-0.4, -0.2) is 19.9 Å². The van der Waals surface area contributed by atoms with Crippen molar-refractivity contribution in [3.63, 3.8) is 0 Å². The molecule has 4 heterocycles. The van der Waals surface area contributed by atoms with Crippen LogP contribution in [0.3, 0.4) is 0 Å². The van der Waals surface area contributed by atoms with Crippen LogP contribution in [0.25, 0.3) is 11.0 Å². The maximum Gasteiger partial charge on any atom is 0.216 e. The number of rotatable bonds is 4. The van der Waals surface area contributed by atoms with Crippen molar-refractivity contribution in [2.24, 2.45) is 0 Å². The molecule has 0 saturated heterocycles. The van der Waals surface area contributed by atoms with E-state index in [1.807, 2.05) is 43.8 Å². The molecule has 0 atom stereocenters. The summed E-state index contributed by atoms with van der Waals surface area (Å²) in [5, 5.41) is 1.44. The zero-order chi connectivity index (χ0) is 18.1. The van der Waals surface area contributed by atoms with Crippen LogP contribution >= 0.6 is 11.6 Å². The van der Waals surface area contributed by atoms with Gasteiger partial charge in [0, 0.05) is 48.1 Å². The molecule has 0 aliphatic rings. The van der Waals surface area contributed by atoms with Gasteiger partial charge in [-0.3, -0.25) is 4.98 Å². The first-order valence-corrected chi connectivity index (χ1v) is 8.50. The van der Waals surface area contributed by atoms with Gasteiger partial charge in [0.05, 0.1) is 10.7 Å². The maximum absolute atomic E-state index is 14.5. The minimum atomic E-state index is -0.478. The van der Waals surface area contributed by atoms with Crippen LogP contribution in [-0.2, 0) is 6.42 Å². The van der Waals surface area contributed by atoms with E-state index >= 15 is 0 Å².